The van der Waals surface area contributed by atoms with Gasteiger partial charge in [-0.2, -0.15) is 5.26 Å². The number of nitrogens with two attached hydrogens (primary N) is 1. The number of nitrogens with zero attached hydrogens (tertiary/aromatic N) is 2. The number of ether oxygens (including phenoxy) is 1. The molecule has 1 aromatic carbocycles. The SMILES string of the molecule is CCC(N)(CC)COc1ccc(C#N)cc1[N+](=O)[O-]. The molecule has 0 saturated heterocycles. The Balaban J connectivity index is 2.96. The topological polar surface area (TPSA) is 102 Å². The van der Waals surface area contributed by atoms with Crippen LogP contribution in [0.25, 0.3) is 0 Å². The molecule has 0 aliphatic rings. The van der Waals surface area contributed by atoms with Crippen molar-refractivity contribution in [3.63, 3.8) is 0 Å². The molecule has 6 nitrogen and oxygen atoms in total. The van der Waals surface area contributed by atoms with Gasteiger partial charge < -0.3 is 10.5 Å². The first-order valence-corrected chi connectivity index (χ1v) is 6.06. The van der Waals surface area contributed by atoms with Crippen molar-refractivity contribution in [2.45, 2.75) is 32.2 Å². The number of benzene rings is 1. The Morgan fingerprint density at radius 1 is 1.47 bits per heavy atom. The van der Waals surface area contributed by atoms with E-state index in [-0.39, 0.29) is 23.6 Å². The van der Waals surface area contributed by atoms with Crippen molar-refractivity contribution in [1.82, 2.24) is 0 Å². The molecule has 0 aliphatic heterocycles. The first-order valence-electron chi connectivity index (χ1n) is 6.06. The van der Waals surface area contributed by atoms with E-state index in [2.05, 4.69) is 0 Å². The minimum Gasteiger partial charge on any atom is -0.485 e. The monoisotopic (exact) mass is 263 g/mol. The largest absolute Gasteiger partial charge is 0.485 e. The Kier molecular flexibility index (Phi) is 4.84. The first-order chi connectivity index (χ1) is 8.95. The van der Waals surface area contributed by atoms with E-state index in [9.17, 15) is 10.1 Å². The third-order valence-corrected chi connectivity index (χ3v) is 3.21. The maximum absolute atomic E-state index is 10.9. The second kappa shape index (κ2) is 6.16. The molecule has 0 atom stereocenters. The Hall–Kier alpha value is -2.13. The van der Waals surface area contributed by atoms with Crippen LogP contribution in [0.5, 0.6) is 5.75 Å². The van der Waals surface area contributed by atoms with Crippen molar-refractivity contribution in [3.05, 3.63) is 33.9 Å². The molecule has 0 aromatic heterocycles. The Bertz CT molecular complexity index is 504. The molecule has 1 rings (SSSR count). The van der Waals surface area contributed by atoms with Crippen molar-refractivity contribution in [2.75, 3.05) is 6.61 Å². The number of nitriles is 1. The van der Waals surface area contributed by atoms with Crippen molar-refractivity contribution >= 4 is 5.69 Å². The van der Waals surface area contributed by atoms with Crippen LogP contribution in [0.15, 0.2) is 18.2 Å². The fourth-order valence-corrected chi connectivity index (χ4v) is 1.53. The zero-order chi connectivity index (χ0) is 14.5. The van der Waals surface area contributed by atoms with Gasteiger partial charge in [0.2, 0.25) is 0 Å². The van der Waals surface area contributed by atoms with Gasteiger partial charge in [0.15, 0.2) is 5.75 Å². The average Bonchev–Trinajstić information content (AvgIpc) is 2.44. The fraction of sp³-hybridized carbons (Fsp3) is 0.462. The highest BCUT2D eigenvalue weighted by atomic mass is 16.6. The van der Waals surface area contributed by atoms with Gasteiger partial charge in [0.25, 0.3) is 0 Å². The van der Waals surface area contributed by atoms with Crippen LogP contribution in [0.2, 0.25) is 0 Å². The van der Waals surface area contributed by atoms with E-state index in [1.165, 1.54) is 18.2 Å². The normalized spacial score (nSPS) is 10.8. The molecule has 0 unspecified atom stereocenters. The number of nitro benzene ring substituents is 1. The summed E-state index contributed by atoms with van der Waals surface area (Å²) in [6.07, 6.45) is 1.43. The molecule has 0 amide bonds. The minimum atomic E-state index is -0.563. The van der Waals surface area contributed by atoms with E-state index < -0.39 is 10.5 Å². The van der Waals surface area contributed by atoms with Gasteiger partial charge in [-0.05, 0) is 25.0 Å². The van der Waals surface area contributed by atoms with Crippen LogP contribution >= 0.6 is 0 Å². The van der Waals surface area contributed by atoms with Gasteiger partial charge in [-0.3, -0.25) is 10.1 Å². The summed E-state index contributed by atoms with van der Waals surface area (Å²) in [7, 11) is 0. The number of hydrogen-bond acceptors (Lipinski definition) is 5. The summed E-state index contributed by atoms with van der Waals surface area (Å²) in [5.74, 6) is 0.140. The summed E-state index contributed by atoms with van der Waals surface area (Å²) in [5, 5.41) is 19.7. The number of rotatable bonds is 6. The second-order valence-corrected chi connectivity index (χ2v) is 4.41. The number of hydrogen-bond donors (Lipinski definition) is 1. The van der Waals surface area contributed by atoms with Crippen molar-refractivity contribution in [1.29, 1.82) is 5.26 Å². The van der Waals surface area contributed by atoms with E-state index in [0.29, 0.717) is 12.8 Å². The van der Waals surface area contributed by atoms with Gasteiger partial charge >= 0.3 is 5.69 Å². The zero-order valence-corrected chi connectivity index (χ0v) is 11.0. The van der Waals surface area contributed by atoms with Crippen LogP contribution in [-0.2, 0) is 0 Å². The minimum absolute atomic E-state index is 0.140. The van der Waals surface area contributed by atoms with Gasteiger partial charge in [-0.1, -0.05) is 13.8 Å². The quantitative estimate of drug-likeness (QED) is 0.627. The highest BCUT2D eigenvalue weighted by molar-refractivity contribution is 5.51. The first kappa shape index (κ1) is 14.9. The highest BCUT2D eigenvalue weighted by Crippen LogP contribution is 2.28. The van der Waals surface area contributed by atoms with Gasteiger partial charge in [0.05, 0.1) is 16.6 Å². The van der Waals surface area contributed by atoms with Gasteiger partial charge in [0, 0.05) is 11.6 Å². The van der Waals surface area contributed by atoms with Crippen LogP contribution in [0, 0.1) is 21.4 Å². The van der Waals surface area contributed by atoms with Crippen molar-refractivity contribution in [3.8, 4) is 11.8 Å². The molecule has 0 fully saturated rings. The summed E-state index contributed by atoms with van der Waals surface area (Å²) < 4.78 is 5.47. The Morgan fingerprint density at radius 2 is 2.11 bits per heavy atom. The molecule has 2 N–H and O–H groups in total. The number of nitro groups is 1. The van der Waals surface area contributed by atoms with Crippen LogP contribution in [-0.4, -0.2) is 17.1 Å². The Morgan fingerprint density at radius 3 is 2.58 bits per heavy atom. The van der Waals surface area contributed by atoms with E-state index >= 15 is 0 Å². The highest BCUT2D eigenvalue weighted by Gasteiger charge is 2.24. The predicted molar refractivity (Wildman–Crippen MR) is 70.8 cm³/mol. The standard InChI is InChI=1S/C13H17N3O3/c1-3-13(15,4-2)9-19-12-6-5-10(8-14)7-11(12)16(17)18/h5-7H,3-4,9,15H2,1-2H3. The molecule has 1 aromatic rings. The summed E-state index contributed by atoms with van der Waals surface area (Å²) in [5.41, 5.74) is 5.59. The molecular formula is C13H17N3O3. The second-order valence-electron chi connectivity index (χ2n) is 4.41. The molecule has 0 saturated carbocycles. The van der Waals surface area contributed by atoms with E-state index in [1.807, 2.05) is 19.9 Å². The van der Waals surface area contributed by atoms with E-state index in [1.54, 1.807) is 0 Å². The van der Waals surface area contributed by atoms with Crippen LogP contribution in [0.1, 0.15) is 32.3 Å². The fourth-order valence-electron chi connectivity index (χ4n) is 1.53. The lowest BCUT2D eigenvalue weighted by molar-refractivity contribution is -0.385. The maximum Gasteiger partial charge on any atom is 0.312 e. The van der Waals surface area contributed by atoms with Gasteiger partial charge in [-0.25, -0.2) is 0 Å². The molecule has 0 radical (unpaired) electrons. The van der Waals surface area contributed by atoms with Crippen molar-refractivity contribution < 1.29 is 9.66 Å². The summed E-state index contributed by atoms with van der Waals surface area (Å²) in [4.78, 5) is 10.4. The predicted octanol–water partition coefficient (Wildman–Crippen LogP) is 2.36. The zero-order valence-electron chi connectivity index (χ0n) is 11.0. The lowest BCUT2D eigenvalue weighted by atomic mass is 9.96. The van der Waals surface area contributed by atoms with Gasteiger partial charge in [-0.15, -0.1) is 0 Å². The molecule has 0 heterocycles. The lowest BCUT2D eigenvalue weighted by Crippen LogP contribution is -2.44. The summed E-state index contributed by atoms with van der Waals surface area (Å²) in [6.45, 7) is 4.09. The van der Waals surface area contributed by atoms with E-state index in [0.717, 1.165) is 0 Å². The van der Waals surface area contributed by atoms with E-state index in [4.69, 9.17) is 15.7 Å². The Labute approximate surface area is 111 Å². The van der Waals surface area contributed by atoms with Crippen LogP contribution in [0.3, 0.4) is 0 Å². The van der Waals surface area contributed by atoms with Gasteiger partial charge in [0.1, 0.15) is 6.61 Å². The summed E-state index contributed by atoms with van der Waals surface area (Å²) >= 11 is 0. The van der Waals surface area contributed by atoms with Crippen molar-refractivity contribution in [2.24, 2.45) is 5.73 Å². The van der Waals surface area contributed by atoms with Crippen LogP contribution < -0.4 is 10.5 Å². The van der Waals surface area contributed by atoms with Crippen LogP contribution in [0.4, 0.5) is 5.69 Å². The molecule has 19 heavy (non-hydrogen) atoms. The smallest absolute Gasteiger partial charge is 0.312 e. The molecular weight excluding hydrogens is 246 g/mol. The average molecular weight is 263 g/mol. The molecule has 6 heteroatoms. The molecule has 102 valence electrons. The summed E-state index contributed by atoms with van der Waals surface area (Å²) in [6, 6.07) is 5.98. The third-order valence-electron chi connectivity index (χ3n) is 3.21. The maximum atomic E-state index is 10.9. The molecule has 0 bridgehead atoms. The lowest BCUT2D eigenvalue weighted by Gasteiger charge is -2.26. The molecule has 0 aliphatic carbocycles. The third kappa shape index (κ3) is 3.66. The molecule has 0 spiro atoms.